The minimum Gasteiger partial charge on any atom is -0.381 e. The van der Waals surface area contributed by atoms with Gasteiger partial charge in [0.2, 0.25) is 0 Å². The van der Waals surface area contributed by atoms with Gasteiger partial charge in [-0.05, 0) is 30.2 Å². The molecule has 0 fully saturated rings. The van der Waals surface area contributed by atoms with E-state index in [9.17, 15) is 4.79 Å². The summed E-state index contributed by atoms with van der Waals surface area (Å²) in [7, 11) is 3.57. The molecule has 0 saturated carbocycles. The highest BCUT2D eigenvalue weighted by atomic mass is 16.1. The van der Waals surface area contributed by atoms with Crippen LogP contribution in [-0.4, -0.2) is 22.7 Å². The number of rotatable bonds is 5. The van der Waals surface area contributed by atoms with Crippen LogP contribution in [0.25, 0.3) is 0 Å². The Balaban J connectivity index is 2.05. The number of benzene rings is 1. The van der Waals surface area contributed by atoms with E-state index in [4.69, 9.17) is 0 Å². The van der Waals surface area contributed by atoms with E-state index in [0.29, 0.717) is 11.5 Å². The van der Waals surface area contributed by atoms with Gasteiger partial charge in [0.1, 0.15) is 0 Å². The van der Waals surface area contributed by atoms with Crippen LogP contribution in [0.4, 0.5) is 5.69 Å². The molecule has 5 heteroatoms. The van der Waals surface area contributed by atoms with Gasteiger partial charge in [0.05, 0.1) is 5.69 Å². The summed E-state index contributed by atoms with van der Waals surface area (Å²) in [6.07, 6.45) is 2.04. The minimum absolute atomic E-state index is 0.0732. The lowest BCUT2D eigenvalue weighted by molar-refractivity contribution is 0.0963. The second-order valence-corrected chi connectivity index (χ2v) is 5.38. The fraction of sp³-hybridized carbons (Fsp3) is 0.375. The van der Waals surface area contributed by atoms with Crippen LogP contribution in [-0.2, 0) is 13.6 Å². The normalized spacial score (nSPS) is 10.7. The number of anilines is 1. The Kier molecular flexibility index (Phi) is 4.62. The van der Waals surface area contributed by atoms with Crippen molar-refractivity contribution in [3.63, 3.8) is 0 Å². The van der Waals surface area contributed by atoms with Crippen LogP contribution in [0.3, 0.4) is 0 Å². The fourth-order valence-electron chi connectivity index (χ4n) is 2.26. The van der Waals surface area contributed by atoms with Crippen LogP contribution < -0.4 is 10.6 Å². The van der Waals surface area contributed by atoms with Crippen LogP contribution >= 0.6 is 0 Å². The van der Waals surface area contributed by atoms with Crippen molar-refractivity contribution in [3.05, 3.63) is 47.3 Å². The van der Waals surface area contributed by atoms with Gasteiger partial charge in [0.25, 0.3) is 5.91 Å². The highest BCUT2D eigenvalue weighted by molar-refractivity contribution is 5.94. The summed E-state index contributed by atoms with van der Waals surface area (Å²) in [6.45, 7) is 5.01. The van der Waals surface area contributed by atoms with Crippen molar-refractivity contribution < 1.29 is 4.79 Å². The molecule has 5 nitrogen and oxygen atoms in total. The number of amides is 1. The number of carbonyl (C=O) groups is 1. The topological polar surface area (TPSA) is 59.0 Å². The number of aryl methyl sites for hydroxylation is 1. The van der Waals surface area contributed by atoms with Crippen LogP contribution in [0.15, 0.2) is 30.5 Å². The van der Waals surface area contributed by atoms with Gasteiger partial charge in [-0.25, -0.2) is 0 Å². The monoisotopic (exact) mass is 286 g/mol. The molecule has 1 heterocycles. The molecule has 0 aliphatic rings. The van der Waals surface area contributed by atoms with Crippen LogP contribution in [0.5, 0.6) is 0 Å². The maximum atomic E-state index is 11.5. The largest absolute Gasteiger partial charge is 0.381 e. The molecule has 0 radical (unpaired) electrons. The Hall–Kier alpha value is -2.30. The Bertz CT molecular complexity index is 614. The summed E-state index contributed by atoms with van der Waals surface area (Å²) in [5, 5.41) is 10.5. The first-order valence-corrected chi connectivity index (χ1v) is 7.09. The molecule has 0 unspecified atom stereocenters. The van der Waals surface area contributed by atoms with Crippen molar-refractivity contribution in [2.75, 3.05) is 12.4 Å². The Labute approximate surface area is 125 Å². The van der Waals surface area contributed by atoms with Gasteiger partial charge in [-0.3, -0.25) is 9.48 Å². The van der Waals surface area contributed by atoms with Gasteiger partial charge in [-0.15, -0.1) is 0 Å². The number of aromatic nitrogens is 2. The Morgan fingerprint density at radius 1 is 1.29 bits per heavy atom. The zero-order valence-electron chi connectivity index (χ0n) is 13.0. The molecule has 21 heavy (non-hydrogen) atoms. The summed E-state index contributed by atoms with van der Waals surface area (Å²) < 4.78 is 1.85. The van der Waals surface area contributed by atoms with Crippen molar-refractivity contribution in [2.24, 2.45) is 7.05 Å². The summed E-state index contributed by atoms with van der Waals surface area (Å²) >= 11 is 0. The van der Waals surface area contributed by atoms with E-state index in [0.717, 1.165) is 17.9 Å². The van der Waals surface area contributed by atoms with Crippen LogP contribution in [0, 0.1) is 0 Å². The first-order chi connectivity index (χ1) is 10.0. The van der Waals surface area contributed by atoms with E-state index in [1.165, 1.54) is 5.56 Å². The van der Waals surface area contributed by atoms with E-state index in [2.05, 4.69) is 29.6 Å². The minimum atomic E-state index is -0.0732. The third-order valence-electron chi connectivity index (χ3n) is 3.34. The zero-order chi connectivity index (χ0) is 15.4. The SMILES string of the molecule is CNC(=O)c1ccc(NCc2cn(C)nc2C(C)C)cc1. The molecule has 2 aromatic rings. The van der Waals surface area contributed by atoms with E-state index in [-0.39, 0.29) is 5.91 Å². The number of hydrogen-bond donors (Lipinski definition) is 2. The molecule has 112 valence electrons. The maximum absolute atomic E-state index is 11.5. The first kappa shape index (κ1) is 15.1. The van der Waals surface area contributed by atoms with Crippen molar-refractivity contribution in [1.82, 2.24) is 15.1 Å². The highest BCUT2D eigenvalue weighted by Crippen LogP contribution is 2.19. The van der Waals surface area contributed by atoms with Crippen molar-refractivity contribution in [2.45, 2.75) is 26.3 Å². The number of nitrogens with zero attached hydrogens (tertiary/aromatic N) is 2. The van der Waals surface area contributed by atoms with Crippen LogP contribution in [0.1, 0.15) is 41.4 Å². The molecule has 1 aromatic heterocycles. The lowest BCUT2D eigenvalue weighted by atomic mass is 10.1. The zero-order valence-corrected chi connectivity index (χ0v) is 13.0. The molecule has 0 aliphatic heterocycles. The molecule has 0 bridgehead atoms. The predicted molar refractivity (Wildman–Crippen MR) is 84.5 cm³/mol. The lowest BCUT2D eigenvalue weighted by Gasteiger charge is -2.09. The number of nitrogens with one attached hydrogen (secondary N) is 2. The van der Waals surface area contributed by atoms with Gasteiger partial charge in [-0.1, -0.05) is 13.8 Å². The molecule has 0 spiro atoms. The predicted octanol–water partition coefficient (Wildman–Crippen LogP) is 2.52. The second kappa shape index (κ2) is 6.43. The quantitative estimate of drug-likeness (QED) is 0.888. The molecule has 1 amide bonds. The Morgan fingerprint density at radius 3 is 2.52 bits per heavy atom. The summed E-state index contributed by atoms with van der Waals surface area (Å²) in [4.78, 5) is 11.5. The second-order valence-electron chi connectivity index (χ2n) is 5.38. The lowest BCUT2D eigenvalue weighted by Crippen LogP contribution is -2.17. The van der Waals surface area contributed by atoms with Gasteiger partial charge in [-0.2, -0.15) is 5.10 Å². The summed E-state index contributed by atoms with van der Waals surface area (Å²) in [5.41, 5.74) is 3.96. The third-order valence-corrected chi connectivity index (χ3v) is 3.34. The third kappa shape index (κ3) is 3.62. The molecule has 0 saturated heterocycles. The van der Waals surface area contributed by atoms with Gasteiger partial charge >= 0.3 is 0 Å². The fourth-order valence-corrected chi connectivity index (χ4v) is 2.26. The first-order valence-electron chi connectivity index (χ1n) is 7.09. The van der Waals surface area contributed by atoms with Gasteiger partial charge < -0.3 is 10.6 Å². The van der Waals surface area contributed by atoms with Crippen molar-refractivity contribution >= 4 is 11.6 Å². The van der Waals surface area contributed by atoms with Crippen molar-refractivity contribution in [3.8, 4) is 0 Å². The van der Waals surface area contributed by atoms with E-state index < -0.39 is 0 Å². The van der Waals surface area contributed by atoms with E-state index >= 15 is 0 Å². The summed E-state index contributed by atoms with van der Waals surface area (Å²) in [6, 6.07) is 7.45. The standard InChI is InChI=1S/C16H22N4O/c1-11(2)15-13(10-20(4)19-15)9-18-14-7-5-12(6-8-14)16(21)17-3/h5-8,10-11,18H,9H2,1-4H3,(H,17,21). The molecule has 2 rings (SSSR count). The molecule has 2 N–H and O–H groups in total. The molecule has 0 atom stereocenters. The van der Waals surface area contributed by atoms with Gasteiger partial charge in [0, 0.05) is 43.7 Å². The molecular weight excluding hydrogens is 264 g/mol. The van der Waals surface area contributed by atoms with Gasteiger partial charge in [0.15, 0.2) is 0 Å². The molecule has 0 aliphatic carbocycles. The smallest absolute Gasteiger partial charge is 0.251 e. The van der Waals surface area contributed by atoms with Crippen LogP contribution in [0.2, 0.25) is 0 Å². The summed E-state index contributed by atoms with van der Waals surface area (Å²) in [5.74, 6) is 0.328. The number of carbonyl (C=O) groups excluding carboxylic acids is 1. The Morgan fingerprint density at radius 2 is 1.95 bits per heavy atom. The molecular formula is C16H22N4O. The highest BCUT2D eigenvalue weighted by Gasteiger charge is 2.11. The van der Waals surface area contributed by atoms with E-state index in [1.807, 2.05) is 42.2 Å². The van der Waals surface area contributed by atoms with Crippen molar-refractivity contribution in [1.29, 1.82) is 0 Å². The molecule has 1 aromatic carbocycles. The average molecular weight is 286 g/mol. The average Bonchev–Trinajstić information content (AvgIpc) is 2.86. The van der Waals surface area contributed by atoms with E-state index in [1.54, 1.807) is 7.05 Å². The number of hydrogen-bond acceptors (Lipinski definition) is 3. The maximum Gasteiger partial charge on any atom is 0.251 e.